The molecule has 1 aliphatic rings. The first-order valence-corrected chi connectivity index (χ1v) is 6.61. The van der Waals surface area contributed by atoms with Gasteiger partial charge in [0.05, 0.1) is 5.54 Å². The summed E-state index contributed by atoms with van der Waals surface area (Å²) in [5.41, 5.74) is 5.07. The van der Waals surface area contributed by atoms with Crippen molar-refractivity contribution in [2.45, 2.75) is 64.0 Å². The highest BCUT2D eigenvalue weighted by molar-refractivity contribution is 5.87. The number of hydrogen-bond acceptors (Lipinski definition) is 3. The molecule has 0 unspecified atom stereocenters. The molecule has 5 nitrogen and oxygen atoms in total. The topological polar surface area (TPSA) is 84.2 Å². The van der Waals surface area contributed by atoms with Crippen molar-refractivity contribution in [3.63, 3.8) is 0 Å². The molecule has 1 rings (SSSR count). The fourth-order valence-electron chi connectivity index (χ4n) is 2.18. The van der Waals surface area contributed by atoms with E-state index in [1.54, 1.807) is 0 Å². The molecule has 2 amide bonds. The molecule has 104 valence electrons. The smallest absolute Gasteiger partial charge is 0.240 e. The van der Waals surface area contributed by atoms with Crippen molar-refractivity contribution in [1.29, 1.82) is 0 Å². The van der Waals surface area contributed by atoms with Crippen LogP contribution in [0.2, 0.25) is 0 Å². The number of amides is 2. The summed E-state index contributed by atoms with van der Waals surface area (Å²) in [6.07, 6.45) is 3.79. The van der Waals surface area contributed by atoms with Gasteiger partial charge in [0, 0.05) is 18.5 Å². The molecular weight excluding hydrogens is 230 g/mol. The van der Waals surface area contributed by atoms with Crippen LogP contribution in [0.15, 0.2) is 0 Å². The molecular formula is C13H25N3O2. The Labute approximate surface area is 109 Å². The molecule has 0 aliphatic heterocycles. The SMILES string of the molecule is CC(C)(C)NC(=O)CCNC(=O)C1(N)CCCC1. The summed E-state index contributed by atoms with van der Waals surface area (Å²) in [6.45, 7) is 6.13. The van der Waals surface area contributed by atoms with Gasteiger partial charge in [-0.2, -0.15) is 0 Å². The molecule has 0 aromatic heterocycles. The largest absolute Gasteiger partial charge is 0.354 e. The number of carbonyl (C=O) groups is 2. The van der Waals surface area contributed by atoms with Gasteiger partial charge in [0.25, 0.3) is 0 Å². The molecule has 18 heavy (non-hydrogen) atoms. The predicted molar refractivity (Wildman–Crippen MR) is 70.9 cm³/mol. The van der Waals surface area contributed by atoms with Gasteiger partial charge in [0.1, 0.15) is 0 Å². The van der Waals surface area contributed by atoms with E-state index >= 15 is 0 Å². The van der Waals surface area contributed by atoms with Gasteiger partial charge in [0.2, 0.25) is 11.8 Å². The Hall–Kier alpha value is -1.10. The number of nitrogens with one attached hydrogen (secondary N) is 2. The van der Waals surface area contributed by atoms with E-state index in [9.17, 15) is 9.59 Å². The maximum absolute atomic E-state index is 11.9. The second kappa shape index (κ2) is 5.69. The van der Waals surface area contributed by atoms with Gasteiger partial charge in [-0.1, -0.05) is 12.8 Å². The average molecular weight is 255 g/mol. The lowest BCUT2D eigenvalue weighted by Crippen LogP contribution is -2.52. The fraction of sp³-hybridized carbons (Fsp3) is 0.846. The molecule has 0 aromatic carbocycles. The van der Waals surface area contributed by atoms with Gasteiger partial charge in [-0.15, -0.1) is 0 Å². The molecule has 1 fully saturated rings. The van der Waals surface area contributed by atoms with E-state index in [2.05, 4.69) is 10.6 Å². The number of rotatable bonds is 4. The zero-order chi connectivity index (χ0) is 13.8. The van der Waals surface area contributed by atoms with Crippen LogP contribution in [0, 0.1) is 0 Å². The molecule has 0 radical (unpaired) electrons. The van der Waals surface area contributed by atoms with Crippen molar-refractivity contribution in [3.8, 4) is 0 Å². The highest BCUT2D eigenvalue weighted by atomic mass is 16.2. The molecule has 0 spiro atoms. The van der Waals surface area contributed by atoms with E-state index in [4.69, 9.17) is 5.73 Å². The van der Waals surface area contributed by atoms with Crippen molar-refractivity contribution in [3.05, 3.63) is 0 Å². The molecule has 0 atom stereocenters. The molecule has 0 saturated heterocycles. The monoisotopic (exact) mass is 255 g/mol. The van der Waals surface area contributed by atoms with Crippen LogP contribution in [0.3, 0.4) is 0 Å². The van der Waals surface area contributed by atoms with Gasteiger partial charge in [0.15, 0.2) is 0 Å². The van der Waals surface area contributed by atoms with Crippen LogP contribution >= 0.6 is 0 Å². The van der Waals surface area contributed by atoms with E-state index < -0.39 is 5.54 Å². The first kappa shape index (κ1) is 15.0. The maximum Gasteiger partial charge on any atom is 0.240 e. The second-order valence-electron chi connectivity index (χ2n) is 6.17. The lowest BCUT2D eigenvalue weighted by Gasteiger charge is -2.23. The van der Waals surface area contributed by atoms with Gasteiger partial charge >= 0.3 is 0 Å². The Morgan fingerprint density at radius 3 is 2.28 bits per heavy atom. The predicted octanol–water partition coefficient (Wildman–Crippen LogP) is 0.679. The van der Waals surface area contributed by atoms with Gasteiger partial charge in [-0.25, -0.2) is 0 Å². The Kier molecular flexibility index (Phi) is 4.73. The summed E-state index contributed by atoms with van der Waals surface area (Å²) in [4.78, 5) is 23.4. The molecule has 1 aliphatic carbocycles. The van der Waals surface area contributed by atoms with Crippen molar-refractivity contribution in [2.75, 3.05) is 6.54 Å². The van der Waals surface area contributed by atoms with Gasteiger partial charge in [-0.05, 0) is 33.6 Å². The van der Waals surface area contributed by atoms with E-state index in [-0.39, 0.29) is 17.4 Å². The minimum Gasteiger partial charge on any atom is -0.354 e. The normalized spacial score (nSPS) is 18.4. The molecule has 1 saturated carbocycles. The lowest BCUT2D eigenvalue weighted by atomic mass is 9.98. The van der Waals surface area contributed by atoms with Crippen LogP contribution in [0.25, 0.3) is 0 Å². The zero-order valence-corrected chi connectivity index (χ0v) is 11.6. The third kappa shape index (κ3) is 4.64. The maximum atomic E-state index is 11.9. The van der Waals surface area contributed by atoms with Crippen LogP contribution in [0.5, 0.6) is 0 Å². The Bertz CT molecular complexity index is 315. The Morgan fingerprint density at radius 2 is 1.78 bits per heavy atom. The van der Waals surface area contributed by atoms with Crippen molar-refractivity contribution in [1.82, 2.24) is 10.6 Å². The van der Waals surface area contributed by atoms with Gasteiger partial charge in [-0.3, -0.25) is 9.59 Å². The Morgan fingerprint density at radius 1 is 1.22 bits per heavy atom. The highest BCUT2D eigenvalue weighted by Gasteiger charge is 2.36. The standard InChI is InChI=1S/C13H25N3O2/c1-12(2,3)16-10(17)6-9-15-11(18)13(14)7-4-5-8-13/h4-9,14H2,1-3H3,(H,15,18)(H,16,17). The Balaban J connectivity index is 2.25. The van der Waals surface area contributed by atoms with Crippen LogP contribution < -0.4 is 16.4 Å². The fourth-order valence-corrected chi connectivity index (χ4v) is 2.18. The lowest BCUT2D eigenvalue weighted by molar-refractivity contribution is -0.126. The van der Waals surface area contributed by atoms with Crippen molar-refractivity contribution >= 4 is 11.8 Å². The van der Waals surface area contributed by atoms with Crippen LogP contribution in [-0.4, -0.2) is 29.4 Å². The van der Waals surface area contributed by atoms with Crippen LogP contribution in [0.4, 0.5) is 0 Å². The average Bonchev–Trinajstić information content (AvgIpc) is 2.63. The summed E-state index contributed by atoms with van der Waals surface area (Å²) < 4.78 is 0. The van der Waals surface area contributed by atoms with Gasteiger partial charge < -0.3 is 16.4 Å². The number of hydrogen-bond donors (Lipinski definition) is 3. The third-order valence-corrected chi connectivity index (χ3v) is 3.10. The van der Waals surface area contributed by atoms with Crippen LogP contribution in [0.1, 0.15) is 52.9 Å². The van der Waals surface area contributed by atoms with Crippen molar-refractivity contribution in [2.24, 2.45) is 5.73 Å². The van der Waals surface area contributed by atoms with Crippen LogP contribution in [-0.2, 0) is 9.59 Å². The second-order valence-corrected chi connectivity index (χ2v) is 6.17. The molecule has 5 heteroatoms. The van der Waals surface area contributed by atoms with E-state index in [1.165, 1.54) is 0 Å². The first-order valence-electron chi connectivity index (χ1n) is 6.61. The zero-order valence-electron chi connectivity index (χ0n) is 11.6. The quantitative estimate of drug-likeness (QED) is 0.690. The highest BCUT2D eigenvalue weighted by Crippen LogP contribution is 2.27. The minimum absolute atomic E-state index is 0.0553. The summed E-state index contributed by atoms with van der Waals surface area (Å²) in [7, 11) is 0. The molecule has 0 bridgehead atoms. The summed E-state index contributed by atoms with van der Waals surface area (Å²) in [5, 5.41) is 5.61. The molecule has 4 N–H and O–H groups in total. The number of nitrogens with two attached hydrogens (primary N) is 1. The first-order chi connectivity index (χ1) is 8.23. The van der Waals surface area contributed by atoms with Crippen molar-refractivity contribution < 1.29 is 9.59 Å². The van der Waals surface area contributed by atoms with E-state index in [0.717, 1.165) is 25.7 Å². The van der Waals surface area contributed by atoms with E-state index in [0.29, 0.717) is 13.0 Å². The summed E-state index contributed by atoms with van der Waals surface area (Å²) in [5.74, 6) is -0.177. The molecule has 0 aromatic rings. The van der Waals surface area contributed by atoms with E-state index in [1.807, 2.05) is 20.8 Å². The number of carbonyl (C=O) groups excluding carboxylic acids is 2. The third-order valence-electron chi connectivity index (χ3n) is 3.10. The molecule has 0 heterocycles. The summed E-state index contributed by atoms with van der Waals surface area (Å²) >= 11 is 0. The summed E-state index contributed by atoms with van der Waals surface area (Å²) in [6, 6.07) is 0. The minimum atomic E-state index is -0.708.